The number of hydrogen-bond donors (Lipinski definition) is 1. The summed E-state index contributed by atoms with van der Waals surface area (Å²) in [6.07, 6.45) is -5.08. The third kappa shape index (κ3) is 6.64. The molecule has 4 atom stereocenters. The number of esters is 3. The molecule has 2 amide bonds. The average molecular weight is 573 g/mol. The van der Waals surface area contributed by atoms with Crippen molar-refractivity contribution in [1.82, 2.24) is 10.2 Å². The second-order valence-corrected chi connectivity index (χ2v) is 9.65. The van der Waals surface area contributed by atoms with E-state index in [2.05, 4.69) is 5.32 Å². The van der Waals surface area contributed by atoms with E-state index in [1.54, 1.807) is 91.0 Å². The lowest BCUT2D eigenvalue weighted by Crippen LogP contribution is -2.52. The smallest absolute Gasteiger partial charge is 0.338 e. The van der Waals surface area contributed by atoms with E-state index in [1.807, 2.05) is 0 Å². The average Bonchev–Trinajstić information content (AvgIpc) is 3.25. The number of rotatable bonds is 8. The van der Waals surface area contributed by atoms with Crippen molar-refractivity contribution in [2.45, 2.75) is 31.0 Å². The summed E-state index contributed by atoms with van der Waals surface area (Å²) in [4.78, 5) is 65.7. The lowest BCUT2D eigenvalue weighted by Gasteiger charge is -2.30. The minimum atomic E-state index is -1.37. The van der Waals surface area contributed by atoms with Crippen LogP contribution in [0.25, 0.3) is 0 Å². The van der Waals surface area contributed by atoms with Gasteiger partial charge in [0.25, 0.3) is 0 Å². The van der Waals surface area contributed by atoms with E-state index in [0.29, 0.717) is 0 Å². The largest absolute Gasteiger partial charge is 0.459 e. The summed E-state index contributed by atoms with van der Waals surface area (Å²) in [7, 11) is 0. The van der Waals surface area contributed by atoms with E-state index in [4.69, 9.17) is 18.9 Å². The summed E-state index contributed by atoms with van der Waals surface area (Å²) in [6.45, 7) is -0.606. The first-order chi connectivity index (χ1) is 20.4. The van der Waals surface area contributed by atoms with Crippen molar-refractivity contribution in [2.75, 3.05) is 19.7 Å². The van der Waals surface area contributed by atoms with Gasteiger partial charge < -0.3 is 24.3 Å². The zero-order valence-corrected chi connectivity index (χ0v) is 22.4. The molecule has 3 aromatic rings. The molecular formula is C31H28N2O9. The van der Waals surface area contributed by atoms with E-state index in [1.165, 1.54) is 0 Å². The van der Waals surface area contributed by atoms with E-state index in [9.17, 15) is 24.0 Å². The second-order valence-electron chi connectivity index (χ2n) is 9.65. The van der Waals surface area contributed by atoms with Gasteiger partial charge in [0.05, 0.1) is 23.2 Å². The number of benzene rings is 3. The van der Waals surface area contributed by atoms with Crippen LogP contribution in [0.5, 0.6) is 0 Å². The molecule has 42 heavy (non-hydrogen) atoms. The highest BCUT2D eigenvalue weighted by Gasteiger charge is 2.54. The lowest BCUT2D eigenvalue weighted by atomic mass is 10.1. The topological polar surface area (TPSA) is 138 Å². The minimum absolute atomic E-state index is 0.105. The molecule has 0 radical (unpaired) electrons. The summed E-state index contributed by atoms with van der Waals surface area (Å²) >= 11 is 0. The quantitative estimate of drug-likeness (QED) is 0.319. The zero-order chi connectivity index (χ0) is 29.5. The number of amides is 2. The summed E-state index contributed by atoms with van der Waals surface area (Å²) in [5, 5.41) is 2.63. The molecule has 11 nitrogen and oxygen atoms in total. The highest BCUT2D eigenvalue weighted by atomic mass is 16.7. The zero-order valence-electron chi connectivity index (χ0n) is 22.4. The normalized spacial score (nSPS) is 22.0. The Hall–Kier alpha value is -5.03. The molecule has 3 aromatic carbocycles. The van der Waals surface area contributed by atoms with E-state index in [0.717, 1.165) is 4.90 Å². The molecule has 216 valence electrons. The molecule has 1 N–H and O–H groups in total. The van der Waals surface area contributed by atoms with Crippen LogP contribution in [0.15, 0.2) is 91.0 Å². The van der Waals surface area contributed by atoms with Crippen molar-refractivity contribution >= 4 is 29.7 Å². The molecule has 0 spiro atoms. The third-order valence-electron chi connectivity index (χ3n) is 6.77. The molecule has 11 heteroatoms. The lowest BCUT2D eigenvalue weighted by molar-refractivity contribution is -0.124. The van der Waals surface area contributed by atoms with Crippen molar-refractivity contribution < 1.29 is 42.9 Å². The number of Topliss-reactive ketones (excluding diaryl/α,β-unsaturated/α-hetero) is 1. The van der Waals surface area contributed by atoms with Crippen molar-refractivity contribution in [3.05, 3.63) is 108 Å². The number of hydrogen-bond acceptors (Lipinski definition) is 9. The van der Waals surface area contributed by atoms with Crippen LogP contribution in [0, 0.1) is 0 Å². The maximum absolute atomic E-state index is 13.2. The summed E-state index contributed by atoms with van der Waals surface area (Å²) < 4.78 is 23.3. The van der Waals surface area contributed by atoms with Crippen molar-refractivity contribution in [2.24, 2.45) is 0 Å². The van der Waals surface area contributed by atoms with Crippen LogP contribution < -0.4 is 5.32 Å². The van der Waals surface area contributed by atoms with Gasteiger partial charge in [-0.15, -0.1) is 0 Å². The van der Waals surface area contributed by atoms with Gasteiger partial charge in [-0.3, -0.25) is 9.69 Å². The number of carbonyl (C=O) groups excluding carboxylic acids is 5. The van der Waals surface area contributed by atoms with Crippen molar-refractivity contribution in [1.29, 1.82) is 0 Å². The number of urea groups is 1. The summed E-state index contributed by atoms with van der Waals surface area (Å²) in [6, 6.07) is 23.9. The Kier molecular flexibility index (Phi) is 8.88. The fourth-order valence-electron chi connectivity index (χ4n) is 4.66. The second kappa shape index (κ2) is 13.1. The summed E-state index contributed by atoms with van der Waals surface area (Å²) in [5.74, 6) is -2.42. The maximum Gasteiger partial charge on any atom is 0.338 e. The van der Waals surface area contributed by atoms with Crippen molar-refractivity contribution in [3.63, 3.8) is 0 Å². The molecule has 0 saturated carbocycles. The molecule has 5 rings (SSSR count). The van der Waals surface area contributed by atoms with Gasteiger partial charge in [-0.2, -0.15) is 0 Å². The number of ketones is 1. The standard InChI is InChI=1S/C31H28N2O9/c34-23-16-17-32-31(38)33(18-23)27-26(42-30(37)22-14-8-3-9-15-22)25(41-29(36)21-12-6-2-7-13-21)24(40-27)19-39-28(35)20-10-4-1-5-11-20/h1-15,24-27H,16-19H2,(H,32,38)/t24-,25-,26-,27-/m1/s1. The number of nitrogens with zero attached hydrogens (tertiary/aromatic N) is 1. The van der Waals surface area contributed by atoms with Crippen LogP contribution >= 0.6 is 0 Å². The number of ether oxygens (including phenoxy) is 4. The van der Waals surface area contributed by atoms with Gasteiger partial charge in [-0.05, 0) is 36.4 Å². The van der Waals surface area contributed by atoms with E-state index in [-0.39, 0.29) is 42.0 Å². The Labute approximate surface area is 241 Å². The highest BCUT2D eigenvalue weighted by molar-refractivity contribution is 5.91. The monoisotopic (exact) mass is 572 g/mol. The van der Waals surface area contributed by atoms with Crippen LogP contribution in [0.3, 0.4) is 0 Å². The van der Waals surface area contributed by atoms with Crippen molar-refractivity contribution in [3.8, 4) is 0 Å². The maximum atomic E-state index is 13.2. The number of nitrogens with one attached hydrogen (secondary N) is 1. The highest BCUT2D eigenvalue weighted by Crippen LogP contribution is 2.32. The van der Waals surface area contributed by atoms with E-state index >= 15 is 0 Å². The van der Waals surface area contributed by atoms with Crippen LogP contribution in [0.4, 0.5) is 4.79 Å². The third-order valence-corrected chi connectivity index (χ3v) is 6.77. The molecule has 2 fully saturated rings. The molecule has 2 heterocycles. The molecule has 2 aliphatic rings. The Bertz CT molecular complexity index is 1430. The molecule has 0 bridgehead atoms. The van der Waals surface area contributed by atoms with Gasteiger partial charge >= 0.3 is 23.9 Å². The Morgan fingerprint density at radius 2 is 1.24 bits per heavy atom. The molecular weight excluding hydrogens is 544 g/mol. The van der Waals surface area contributed by atoms with Crippen LogP contribution in [-0.2, 0) is 23.7 Å². The van der Waals surface area contributed by atoms with E-state index < -0.39 is 55.1 Å². The molecule has 0 aromatic heterocycles. The first kappa shape index (κ1) is 28.5. The molecule has 2 aliphatic heterocycles. The Balaban J connectivity index is 1.47. The van der Waals surface area contributed by atoms with Crippen LogP contribution in [0.2, 0.25) is 0 Å². The van der Waals surface area contributed by atoms with Gasteiger partial charge in [0.2, 0.25) is 0 Å². The predicted octanol–water partition coefficient (Wildman–Crippen LogP) is 3.00. The fraction of sp³-hybridized carbons (Fsp3) is 0.258. The van der Waals surface area contributed by atoms with Crippen LogP contribution in [0.1, 0.15) is 37.5 Å². The minimum Gasteiger partial charge on any atom is -0.459 e. The Morgan fingerprint density at radius 3 is 1.79 bits per heavy atom. The predicted molar refractivity (Wildman–Crippen MR) is 146 cm³/mol. The van der Waals surface area contributed by atoms with Gasteiger partial charge in [-0.1, -0.05) is 54.6 Å². The number of carbonyl (C=O) groups is 5. The molecule has 2 saturated heterocycles. The van der Waals surface area contributed by atoms with Gasteiger partial charge in [-0.25, -0.2) is 19.2 Å². The first-order valence-electron chi connectivity index (χ1n) is 13.4. The Morgan fingerprint density at radius 1 is 0.738 bits per heavy atom. The first-order valence-corrected chi connectivity index (χ1v) is 13.4. The van der Waals surface area contributed by atoms with Gasteiger partial charge in [0.15, 0.2) is 24.2 Å². The van der Waals surface area contributed by atoms with Gasteiger partial charge in [0, 0.05) is 13.0 Å². The fourth-order valence-corrected chi connectivity index (χ4v) is 4.66. The molecule has 0 unspecified atom stereocenters. The summed E-state index contributed by atoms with van der Waals surface area (Å²) in [5.41, 5.74) is 0.714. The SMILES string of the molecule is O=C1CCNC(=O)N([C@@H]2O[C@H](COC(=O)c3ccccc3)[C@@H](OC(=O)c3ccccc3)[C@H]2OC(=O)c2ccccc2)C1. The molecule has 0 aliphatic carbocycles. The van der Waals surface area contributed by atoms with Gasteiger partial charge in [0.1, 0.15) is 12.7 Å². The van der Waals surface area contributed by atoms with Crippen LogP contribution in [-0.4, -0.2) is 78.9 Å².